The predicted molar refractivity (Wildman–Crippen MR) is 81.6 cm³/mol. The van der Waals surface area contributed by atoms with Crippen molar-refractivity contribution >= 4 is 11.7 Å². The van der Waals surface area contributed by atoms with Crippen molar-refractivity contribution in [3.8, 4) is 0 Å². The number of carbonyl (C=O) groups is 1. The van der Waals surface area contributed by atoms with Gasteiger partial charge >= 0.3 is 0 Å². The van der Waals surface area contributed by atoms with Crippen LogP contribution in [0.15, 0.2) is 59.8 Å². The third-order valence-corrected chi connectivity index (χ3v) is 3.34. The van der Waals surface area contributed by atoms with Crippen LogP contribution in [0.4, 0.5) is 4.39 Å². The van der Waals surface area contributed by atoms with Crippen LogP contribution >= 0.6 is 0 Å². The summed E-state index contributed by atoms with van der Waals surface area (Å²) < 4.78 is 13.1. The molecule has 0 bridgehead atoms. The molecule has 0 saturated heterocycles. The summed E-state index contributed by atoms with van der Waals surface area (Å²) in [5, 5.41) is 5.03. The van der Waals surface area contributed by atoms with Gasteiger partial charge in [0.1, 0.15) is 12.4 Å². The van der Waals surface area contributed by atoms with Gasteiger partial charge in [0.25, 0.3) is 5.91 Å². The fourth-order valence-electron chi connectivity index (χ4n) is 2.09. The molecule has 0 saturated carbocycles. The first kappa shape index (κ1) is 15.2. The van der Waals surface area contributed by atoms with Crippen molar-refractivity contribution in [2.75, 3.05) is 0 Å². The maximum atomic E-state index is 13.1. The third-order valence-electron chi connectivity index (χ3n) is 3.34. The number of nitrogens with zero attached hydrogens (tertiary/aromatic N) is 2. The minimum absolute atomic E-state index is 0.198. The third kappa shape index (κ3) is 3.37. The maximum absolute atomic E-state index is 13.1. The number of oxime groups is 1. The molecule has 2 aromatic carbocycles. The normalized spacial score (nSPS) is 17.7. The first-order valence-electron chi connectivity index (χ1n) is 7.16. The standard InChI is InChI=1S/C17H15FN2O3/c1-12-17(21)20(22-11-13-5-3-2-4-6-13)16(19-23-12)14-7-9-15(18)10-8-14/h2-10,12H,11H2,1H3. The molecule has 23 heavy (non-hydrogen) atoms. The Morgan fingerprint density at radius 2 is 1.87 bits per heavy atom. The van der Waals surface area contributed by atoms with Crippen molar-refractivity contribution in [2.24, 2.45) is 5.16 Å². The van der Waals surface area contributed by atoms with Gasteiger partial charge in [0.15, 0.2) is 0 Å². The molecule has 6 heteroatoms. The molecule has 0 aromatic heterocycles. The van der Waals surface area contributed by atoms with Gasteiger partial charge in [-0.15, -0.1) is 0 Å². The largest absolute Gasteiger partial charge is 0.381 e. The van der Waals surface area contributed by atoms with Crippen LogP contribution in [-0.4, -0.2) is 22.9 Å². The van der Waals surface area contributed by atoms with Gasteiger partial charge in [-0.3, -0.25) is 9.63 Å². The molecule has 118 valence electrons. The van der Waals surface area contributed by atoms with Gasteiger partial charge in [-0.05, 0) is 36.8 Å². The number of carbonyl (C=O) groups excluding carboxylic acids is 1. The Hall–Kier alpha value is -2.73. The van der Waals surface area contributed by atoms with Crippen LogP contribution in [-0.2, 0) is 21.1 Å². The lowest BCUT2D eigenvalue weighted by molar-refractivity contribution is -0.184. The van der Waals surface area contributed by atoms with E-state index in [9.17, 15) is 9.18 Å². The molecule has 1 heterocycles. The van der Waals surface area contributed by atoms with E-state index in [4.69, 9.17) is 9.68 Å². The zero-order valence-corrected chi connectivity index (χ0v) is 12.5. The second-order valence-electron chi connectivity index (χ2n) is 5.06. The van der Waals surface area contributed by atoms with Gasteiger partial charge in [0.05, 0.1) is 0 Å². The Bertz CT molecular complexity index is 716. The van der Waals surface area contributed by atoms with Crippen LogP contribution < -0.4 is 0 Å². The van der Waals surface area contributed by atoms with E-state index < -0.39 is 6.10 Å². The van der Waals surface area contributed by atoms with Crippen LogP contribution in [0.1, 0.15) is 18.1 Å². The Morgan fingerprint density at radius 1 is 1.17 bits per heavy atom. The smallest absolute Gasteiger partial charge is 0.296 e. The Morgan fingerprint density at radius 3 is 2.57 bits per heavy atom. The first-order valence-corrected chi connectivity index (χ1v) is 7.16. The average molecular weight is 314 g/mol. The molecular weight excluding hydrogens is 299 g/mol. The summed E-state index contributed by atoms with van der Waals surface area (Å²) in [6, 6.07) is 15.1. The molecular formula is C17H15FN2O3. The number of amidine groups is 1. The summed E-state index contributed by atoms with van der Waals surface area (Å²) >= 11 is 0. The van der Waals surface area contributed by atoms with Gasteiger partial charge < -0.3 is 4.84 Å². The highest BCUT2D eigenvalue weighted by atomic mass is 19.1. The van der Waals surface area contributed by atoms with Crippen LogP contribution in [0.25, 0.3) is 0 Å². The summed E-state index contributed by atoms with van der Waals surface area (Å²) in [6.45, 7) is 1.80. The monoisotopic (exact) mass is 314 g/mol. The highest BCUT2D eigenvalue weighted by Crippen LogP contribution is 2.17. The molecule has 3 rings (SSSR count). The molecule has 0 spiro atoms. The summed E-state index contributed by atoms with van der Waals surface area (Å²) in [4.78, 5) is 23.0. The van der Waals surface area contributed by atoms with Crippen LogP contribution in [0.2, 0.25) is 0 Å². The average Bonchev–Trinajstić information content (AvgIpc) is 2.58. The molecule has 1 aliphatic heterocycles. The fraction of sp³-hybridized carbons (Fsp3) is 0.176. The predicted octanol–water partition coefficient (Wildman–Crippen LogP) is 2.87. The zero-order valence-electron chi connectivity index (χ0n) is 12.5. The molecule has 1 aliphatic rings. The van der Waals surface area contributed by atoms with E-state index in [2.05, 4.69) is 5.16 Å². The van der Waals surface area contributed by atoms with Crippen molar-refractivity contribution in [1.82, 2.24) is 5.06 Å². The van der Waals surface area contributed by atoms with Crippen molar-refractivity contribution in [3.63, 3.8) is 0 Å². The minimum atomic E-state index is -0.741. The molecule has 1 amide bonds. The molecule has 2 aromatic rings. The summed E-state index contributed by atoms with van der Waals surface area (Å²) in [7, 11) is 0. The van der Waals surface area contributed by atoms with Crippen LogP contribution in [0.3, 0.4) is 0 Å². The molecule has 5 nitrogen and oxygen atoms in total. The van der Waals surface area contributed by atoms with Crippen LogP contribution in [0.5, 0.6) is 0 Å². The molecule has 0 fully saturated rings. The van der Waals surface area contributed by atoms with Gasteiger partial charge in [0.2, 0.25) is 11.9 Å². The van der Waals surface area contributed by atoms with E-state index in [1.54, 1.807) is 6.92 Å². The van der Waals surface area contributed by atoms with Crippen molar-refractivity contribution < 1.29 is 18.9 Å². The number of amides is 1. The molecule has 1 atom stereocenters. The highest BCUT2D eigenvalue weighted by molar-refractivity contribution is 6.08. The summed E-state index contributed by atoms with van der Waals surface area (Å²) in [6.07, 6.45) is -0.741. The maximum Gasteiger partial charge on any atom is 0.296 e. The minimum Gasteiger partial charge on any atom is -0.381 e. The number of hydrogen-bond donors (Lipinski definition) is 0. The van der Waals surface area contributed by atoms with E-state index in [0.29, 0.717) is 5.56 Å². The number of benzene rings is 2. The van der Waals surface area contributed by atoms with Crippen LogP contribution in [0, 0.1) is 5.82 Å². The topological polar surface area (TPSA) is 51.1 Å². The molecule has 0 radical (unpaired) electrons. The number of hydrogen-bond acceptors (Lipinski definition) is 4. The Balaban J connectivity index is 1.83. The van der Waals surface area contributed by atoms with E-state index in [0.717, 1.165) is 10.6 Å². The number of rotatable bonds is 4. The van der Waals surface area contributed by atoms with Crippen molar-refractivity contribution in [2.45, 2.75) is 19.6 Å². The molecule has 0 aliphatic carbocycles. The fourth-order valence-corrected chi connectivity index (χ4v) is 2.09. The van der Waals surface area contributed by atoms with E-state index in [1.165, 1.54) is 24.3 Å². The summed E-state index contributed by atoms with van der Waals surface area (Å²) in [5.74, 6) is -0.540. The number of hydroxylamine groups is 2. The number of halogens is 1. The highest BCUT2D eigenvalue weighted by Gasteiger charge is 2.33. The van der Waals surface area contributed by atoms with E-state index >= 15 is 0 Å². The lowest BCUT2D eigenvalue weighted by Crippen LogP contribution is -2.46. The second-order valence-corrected chi connectivity index (χ2v) is 5.06. The zero-order chi connectivity index (χ0) is 16.2. The lowest BCUT2D eigenvalue weighted by atomic mass is 10.2. The Kier molecular flexibility index (Phi) is 4.34. The van der Waals surface area contributed by atoms with E-state index in [1.807, 2.05) is 30.3 Å². The van der Waals surface area contributed by atoms with Gasteiger partial charge in [-0.25, -0.2) is 4.39 Å². The summed E-state index contributed by atoms with van der Waals surface area (Å²) in [5.41, 5.74) is 1.44. The molecule has 0 N–H and O–H groups in total. The Labute approximate surface area is 132 Å². The van der Waals surface area contributed by atoms with Gasteiger partial charge in [-0.2, -0.15) is 5.06 Å². The van der Waals surface area contributed by atoms with E-state index in [-0.39, 0.29) is 24.2 Å². The second kappa shape index (κ2) is 6.58. The van der Waals surface area contributed by atoms with Gasteiger partial charge in [0, 0.05) is 5.56 Å². The first-order chi connectivity index (χ1) is 11.1. The van der Waals surface area contributed by atoms with Crippen molar-refractivity contribution in [3.05, 3.63) is 71.5 Å². The SMILES string of the molecule is CC1ON=C(c2ccc(F)cc2)N(OCc2ccccc2)C1=O. The van der Waals surface area contributed by atoms with Crippen molar-refractivity contribution in [1.29, 1.82) is 0 Å². The quantitative estimate of drug-likeness (QED) is 0.872. The molecule has 1 unspecified atom stereocenters. The van der Waals surface area contributed by atoms with Gasteiger partial charge in [-0.1, -0.05) is 35.5 Å². The lowest BCUT2D eigenvalue weighted by Gasteiger charge is -2.28.